The number of piperidine rings is 1. The molecule has 2 aromatic carbocycles. The van der Waals surface area contributed by atoms with Gasteiger partial charge in [0.1, 0.15) is 22.6 Å². The highest BCUT2D eigenvalue weighted by molar-refractivity contribution is 5.89. The third-order valence-corrected chi connectivity index (χ3v) is 5.85. The number of anilines is 1. The van der Waals surface area contributed by atoms with E-state index in [0.29, 0.717) is 16.7 Å². The Hall–Kier alpha value is -3.72. The van der Waals surface area contributed by atoms with Crippen molar-refractivity contribution in [1.29, 1.82) is 0 Å². The quantitative estimate of drug-likeness (QED) is 0.512. The molecule has 9 heteroatoms. The summed E-state index contributed by atoms with van der Waals surface area (Å²) in [6.45, 7) is 1.80. The van der Waals surface area contributed by atoms with Crippen molar-refractivity contribution < 1.29 is 9.13 Å². The molecule has 4 aromatic rings. The van der Waals surface area contributed by atoms with Gasteiger partial charge in [0.05, 0.1) is 12.6 Å². The van der Waals surface area contributed by atoms with Gasteiger partial charge in [-0.2, -0.15) is 14.9 Å². The second-order valence-electron chi connectivity index (χ2n) is 7.89. The van der Waals surface area contributed by atoms with Gasteiger partial charge in [0.25, 0.3) is 5.56 Å². The highest BCUT2D eigenvalue weighted by Crippen LogP contribution is 2.30. The van der Waals surface area contributed by atoms with E-state index in [2.05, 4.69) is 26.3 Å². The molecule has 0 unspecified atom stereocenters. The highest BCUT2D eigenvalue weighted by Gasteiger charge is 2.20. The molecule has 1 aliphatic rings. The third kappa shape index (κ3) is 3.50. The van der Waals surface area contributed by atoms with E-state index in [9.17, 15) is 9.18 Å². The molecule has 0 atom stereocenters. The summed E-state index contributed by atoms with van der Waals surface area (Å²) in [6, 6.07) is 14.0. The Kier molecular flexibility index (Phi) is 5.10. The minimum atomic E-state index is -0.603. The second kappa shape index (κ2) is 8.08. The number of aromatic amines is 1. The monoisotopic (exact) mass is 434 g/mol. The number of nitrogens with two attached hydrogens (primary N) is 1. The molecule has 3 heterocycles. The summed E-state index contributed by atoms with van der Waals surface area (Å²) in [6.07, 6.45) is 1.90. The molecule has 0 radical (unpaired) electrons. The van der Waals surface area contributed by atoms with Crippen LogP contribution in [0.4, 0.5) is 10.1 Å². The molecule has 0 bridgehead atoms. The average Bonchev–Trinajstić information content (AvgIpc) is 3.21. The molecule has 3 N–H and O–H groups in total. The van der Waals surface area contributed by atoms with Gasteiger partial charge in [-0.15, -0.1) is 0 Å². The van der Waals surface area contributed by atoms with Crippen LogP contribution in [0.2, 0.25) is 0 Å². The number of H-pyrrole nitrogens is 1. The smallest absolute Gasteiger partial charge is 0.273 e. The minimum absolute atomic E-state index is 0.0348. The number of hydrogen-bond donors (Lipinski definition) is 2. The van der Waals surface area contributed by atoms with Gasteiger partial charge in [0.2, 0.25) is 0 Å². The zero-order valence-electron chi connectivity index (χ0n) is 17.6. The summed E-state index contributed by atoms with van der Waals surface area (Å²) in [5, 5.41) is 11.7. The third-order valence-electron chi connectivity index (χ3n) is 5.85. The molecular weight excluding hydrogens is 411 g/mol. The first-order valence-corrected chi connectivity index (χ1v) is 10.5. The summed E-state index contributed by atoms with van der Waals surface area (Å²) in [5.41, 5.74) is 8.96. The summed E-state index contributed by atoms with van der Waals surface area (Å²) in [4.78, 5) is 15.0. The fourth-order valence-electron chi connectivity index (χ4n) is 4.12. The molecule has 8 nitrogen and oxygen atoms in total. The van der Waals surface area contributed by atoms with Crippen molar-refractivity contribution in [3.05, 3.63) is 64.7 Å². The van der Waals surface area contributed by atoms with Crippen molar-refractivity contribution in [1.82, 2.24) is 20.0 Å². The maximum absolute atomic E-state index is 14.6. The predicted octanol–water partition coefficient (Wildman–Crippen LogP) is 2.85. The molecule has 0 saturated carbocycles. The zero-order chi connectivity index (χ0) is 22.2. The van der Waals surface area contributed by atoms with Crippen LogP contribution in [0, 0.1) is 5.82 Å². The van der Waals surface area contributed by atoms with Gasteiger partial charge >= 0.3 is 0 Å². The number of nitrogens with zero attached hydrogens (tertiary/aromatic N) is 4. The lowest BCUT2D eigenvalue weighted by atomic mass is 10.0. The molecule has 32 heavy (non-hydrogen) atoms. The molecule has 1 fully saturated rings. The van der Waals surface area contributed by atoms with E-state index in [1.807, 2.05) is 18.2 Å². The van der Waals surface area contributed by atoms with Crippen LogP contribution in [0.3, 0.4) is 0 Å². The van der Waals surface area contributed by atoms with Crippen LogP contribution in [-0.4, -0.2) is 46.2 Å². The number of aromatic nitrogens is 4. The summed E-state index contributed by atoms with van der Waals surface area (Å²) >= 11 is 0. The maximum Gasteiger partial charge on any atom is 0.273 e. The Morgan fingerprint density at radius 3 is 2.72 bits per heavy atom. The molecule has 2 aromatic heterocycles. The summed E-state index contributed by atoms with van der Waals surface area (Å²) in [5.74, 6) is -0.386. The lowest BCUT2D eigenvalue weighted by molar-refractivity contribution is 0.406. The number of para-hydroxylation sites is 1. The van der Waals surface area contributed by atoms with E-state index in [1.54, 1.807) is 6.07 Å². The van der Waals surface area contributed by atoms with Gasteiger partial charge in [-0.05, 0) is 37.1 Å². The SMILES string of the molecule is COc1cccc(F)c1-n1nc2c(-c3cccc(N4CCC(N)CC4)c3)n[nH]c2cc1=O. The topological polar surface area (TPSA) is 102 Å². The van der Waals surface area contributed by atoms with Gasteiger partial charge in [0, 0.05) is 36.4 Å². The molecular formula is C23H23FN6O2. The highest BCUT2D eigenvalue weighted by atomic mass is 19.1. The zero-order valence-corrected chi connectivity index (χ0v) is 17.6. The van der Waals surface area contributed by atoms with Gasteiger partial charge in [-0.1, -0.05) is 18.2 Å². The molecule has 164 valence electrons. The number of nitrogens with one attached hydrogen (secondary N) is 1. The average molecular weight is 434 g/mol. The Morgan fingerprint density at radius 1 is 1.16 bits per heavy atom. The number of fused-ring (bicyclic) bond motifs is 1. The first kappa shape index (κ1) is 20.2. The Morgan fingerprint density at radius 2 is 1.94 bits per heavy atom. The lowest BCUT2D eigenvalue weighted by Crippen LogP contribution is -2.39. The standard InChI is InChI=1S/C23H23FN6O2/c1-32-19-7-3-6-17(24)23(19)30-20(31)13-18-22(28-30)21(27-26-18)14-4-2-5-16(12-14)29-10-8-15(25)9-11-29/h2-7,12-13,15,26H,8-11,25H2,1H3. The lowest BCUT2D eigenvalue weighted by Gasteiger charge is -2.32. The van der Waals surface area contributed by atoms with Gasteiger partial charge in [0.15, 0.2) is 5.82 Å². The molecule has 1 aliphatic heterocycles. The molecule has 0 aliphatic carbocycles. The van der Waals surface area contributed by atoms with E-state index in [4.69, 9.17) is 10.5 Å². The Balaban J connectivity index is 1.61. The minimum Gasteiger partial charge on any atom is -0.494 e. The van der Waals surface area contributed by atoms with Gasteiger partial charge < -0.3 is 15.4 Å². The number of hydrogen-bond acceptors (Lipinski definition) is 6. The van der Waals surface area contributed by atoms with Crippen LogP contribution < -0.4 is 20.9 Å². The van der Waals surface area contributed by atoms with Crippen molar-refractivity contribution in [2.45, 2.75) is 18.9 Å². The summed E-state index contributed by atoms with van der Waals surface area (Å²) < 4.78 is 20.9. The van der Waals surface area contributed by atoms with Crippen LogP contribution in [0.5, 0.6) is 5.75 Å². The molecule has 0 amide bonds. The van der Waals surface area contributed by atoms with Crippen molar-refractivity contribution in [2.24, 2.45) is 5.73 Å². The van der Waals surface area contributed by atoms with E-state index >= 15 is 0 Å². The van der Waals surface area contributed by atoms with Crippen LogP contribution in [0.1, 0.15) is 12.8 Å². The maximum atomic E-state index is 14.6. The van der Waals surface area contributed by atoms with E-state index in [0.717, 1.165) is 41.9 Å². The van der Waals surface area contributed by atoms with E-state index in [1.165, 1.54) is 25.3 Å². The largest absolute Gasteiger partial charge is 0.494 e. The fraction of sp³-hybridized carbons (Fsp3) is 0.261. The molecule has 5 rings (SSSR count). The van der Waals surface area contributed by atoms with E-state index < -0.39 is 11.4 Å². The van der Waals surface area contributed by atoms with Crippen LogP contribution in [-0.2, 0) is 0 Å². The molecule has 0 spiro atoms. The number of ether oxygens (including phenoxy) is 1. The van der Waals surface area contributed by atoms with Crippen LogP contribution in [0.15, 0.2) is 53.3 Å². The van der Waals surface area contributed by atoms with Crippen LogP contribution in [0.25, 0.3) is 28.0 Å². The molecule has 1 saturated heterocycles. The first-order chi connectivity index (χ1) is 15.5. The van der Waals surface area contributed by atoms with Crippen molar-refractivity contribution in [3.63, 3.8) is 0 Å². The van der Waals surface area contributed by atoms with Gasteiger partial charge in [-0.3, -0.25) is 9.89 Å². The number of rotatable bonds is 4. The Labute approximate surface area is 183 Å². The van der Waals surface area contributed by atoms with Gasteiger partial charge in [-0.25, -0.2) is 4.39 Å². The summed E-state index contributed by atoms with van der Waals surface area (Å²) in [7, 11) is 1.42. The number of benzene rings is 2. The van der Waals surface area contributed by atoms with Crippen LogP contribution >= 0.6 is 0 Å². The second-order valence-corrected chi connectivity index (χ2v) is 7.89. The van der Waals surface area contributed by atoms with E-state index in [-0.39, 0.29) is 17.5 Å². The van der Waals surface area contributed by atoms with Crippen molar-refractivity contribution >= 4 is 16.7 Å². The number of methoxy groups -OCH3 is 1. The normalized spacial score (nSPS) is 14.8. The predicted molar refractivity (Wildman–Crippen MR) is 121 cm³/mol. The first-order valence-electron chi connectivity index (χ1n) is 10.5. The van der Waals surface area contributed by atoms with Crippen molar-refractivity contribution in [2.75, 3.05) is 25.1 Å². The fourth-order valence-corrected chi connectivity index (χ4v) is 4.12. The van der Waals surface area contributed by atoms with Crippen molar-refractivity contribution in [3.8, 4) is 22.7 Å². The number of halogens is 1. The Bertz CT molecular complexity index is 1340.